The lowest BCUT2D eigenvalue weighted by Gasteiger charge is -2.29. The number of hydrogen-bond acceptors (Lipinski definition) is 2. The number of amides is 1. The summed E-state index contributed by atoms with van der Waals surface area (Å²) in [5, 5.41) is 11.9. The Balaban J connectivity index is 3.27. The van der Waals surface area contributed by atoms with Crippen LogP contribution in [-0.2, 0) is 9.59 Å². The molecule has 0 bridgehead atoms. The lowest BCUT2D eigenvalue weighted by Crippen LogP contribution is -2.46. The first-order chi connectivity index (χ1) is 9.96. The Labute approximate surface area is 125 Å². The lowest BCUT2D eigenvalue weighted by molar-refractivity contribution is -0.142. The molecule has 0 heterocycles. The summed E-state index contributed by atoms with van der Waals surface area (Å²) >= 11 is 0. The van der Waals surface area contributed by atoms with Gasteiger partial charge in [-0.2, -0.15) is 0 Å². The first kappa shape index (κ1) is 16.7. The van der Waals surface area contributed by atoms with Gasteiger partial charge in [-0.25, -0.2) is 4.79 Å². The van der Waals surface area contributed by atoms with Gasteiger partial charge >= 0.3 is 5.97 Å². The molecule has 2 unspecified atom stereocenters. The molecule has 0 aromatic heterocycles. The van der Waals surface area contributed by atoms with Gasteiger partial charge in [0.1, 0.15) is 6.04 Å². The molecule has 0 aliphatic heterocycles. The summed E-state index contributed by atoms with van der Waals surface area (Å²) in [5.74, 6) is -2.01. The van der Waals surface area contributed by atoms with E-state index in [-0.39, 0.29) is 0 Å². The third kappa shape index (κ3) is 3.81. The van der Waals surface area contributed by atoms with E-state index in [1.165, 1.54) is 0 Å². The van der Waals surface area contributed by atoms with E-state index in [1.807, 2.05) is 26.0 Å². The van der Waals surface area contributed by atoms with E-state index in [9.17, 15) is 14.7 Å². The van der Waals surface area contributed by atoms with Crippen LogP contribution >= 0.6 is 0 Å². The fraction of sp³-hybridized carbons (Fsp3) is 0.294. The quantitative estimate of drug-likeness (QED) is 0.764. The lowest BCUT2D eigenvalue weighted by atomic mass is 9.78. The zero-order valence-corrected chi connectivity index (χ0v) is 12.4. The molecule has 2 N–H and O–H groups in total. The van der Waals surface area contributed by atoms with Crippen molar-refractivity contribution in [2.24, 2.45) is 5.92 Å². The van der Waals surface area contributed by atoms with E-state index >= 15 is 0 Å². The SMILES string of the molecule is C=CC(=O)NC(C(=O)O)C1C=CC(=C)C(=CC)C1=CCC. The van der Waals surface area contributed by atoms with E-state index in [4.69, 9.17) is 0 Å². The number of rotatable bonds is 5. The maximum Gasteiger partial charge on any atom is 0.327 e. The zero-order valence-electron chi connectivity index (χ0n) is 12.4. The van der Waals surface area contributed by atoms with Gasteiger partial charge in [0.2, 0.25) is 5.91 Å². The Hall–Kier alpha value is -2.36. The molecule has 112 valence electrons. The molecule has 4 nitrogen and oxygen atoms in total. The average Bonchev–Trinajstić information content (AvgIpc) is 2.45. The van der Waals surface area contributed by atoms with Gasteiger partial charge in [-0.1, -0.05) is 44.4 Å². The molecular weight excluding hydrogens is 266 g/mol. The van der Waals surface area contributed by atoms with Gasteiger partial charge in [-0.15, -0.1) is 0 Å². The number of carbonyl (C=O) groups is 2. The highest BCUT2D eigenvalue weighted by molar-refractivity contribution is 5.91. The van der Waals surface area contributed by atoms with Crippen molar-refractivity contribution in [1.29, 1.82) is 0 Å². The first-order valence-electron chi connectivity index (χ1n) is 6.86. The summed E-state index contributed by atoms with van der Waals surface area (Å²) in [6.45, 7) is 11.2. The van der Waals surface area contributed by atoms with Crippen molar-refractivity contribution in [3.8, 4) is 0 Å². The van der Waals surface area contributed by atoms with Gasteiger partial charge in [0, 0.05) is 5.92 Å². The molecule has 21 heavy (non-hydrogen) atoms. The average molecular weight is 287 g/mol. The molecule has 1 amide bonds. The predicted octanol–water partition coefficient (Wildman–Crippen LogP) is 2.77. The Morgan fingerprint density at radius 2 is 2.19 bits per heavy atom. The topological polar surface area (TPSA) is 66.4 Å². The fourth-order valence-corrected chi connectivity index (χ4v) is 2.40. The second kappa shape index (κ2) is 7.43. The number of allylic oxidation sites excluding steroid dienone is 5. The largest absolute Gasteiger partial charge is 0.480 e. The van der Waals surface area contributed by atoms with Crippen molar-refractivity contribution in [2.45, 2.75) is 26.3 Å². The molecule has 0 fully saturated rings. The van der Waals surface area contributed by atoms with Crippen LogP contribution in [0.25, 0.3) is 0 Å². The monoisotopic (exact) mass is 287 g/mol. The van der Waals surface area contributed by atoms with Crippen molar-refractivity contribution in [2.75, 3.05) is 0 Å². The molecule has 0 saturated carbocycles. The van der Waals surface area contributed by atoms with Crippen molar-refractivity contribution in [3.63, 3.8) is 0 Å². The summed E-state index contributed by atoms with van der Waals surface area (Å²) in [4.78, 5) is 23.0. The summed E-state index contributed by atoms with van der Waals surface area (Å²) in [5.41, 5.74) is 2.64. The second-order valence-electron chi connectivity index (χ2n) is 4.71. The van der Waals surface area contributed by atoms with E-state index < -0.39 is 23.8 Å². The van der Waals surface area contributed by atoms with Crippen LogP contribution in [0.5, 0.6) is 0 Å². The van der Waals surface area contributed by atoms with Gasteiger partial charge in [-0.05, 0) is 36.1 Å². The summed E-state index contributed by atoms with van der Waals surface area (Å²) < 4.78 is 0. The Morgan fingerprint density at radius 3 is 2.67 bits per heavy atom. The van der Waals surface area contributed by atoms with Crippen LogP contribution in [0.1, 0.15) is 20.3 Å². The van der Waals surface area contributed by atoms with Crippen molar-refractivity contribution in [1.82, 2.24) is 5.32 Å². The Kier molecular flexibility index (Phi) is 5.91. The maximum atomic E-state index is 11.5. The van der Waals surface area contributed by atoms with Gasteiger partial charge in [0.25, 0.3) is 0 Å². The minimum atomic E-state index is -1.08. The number of carbonyl (C=O) groups excluding carboxylic acids is 1. The van der Waals surface area contributed by atoms with Gasteiger partial charge in [0.15, 0.2) is 0 Å². The van der Waals surface area contributed by atoms with Gasteiger partial charge < -0.3 is 10.4 Å². The molecule has 1 aliphatic carbocycles. The fourth-order valence-electron chi connectivity index (χ4n) is 2.40. The summed E-state index contributed by atoms with van der Waals surface area (Å²) in [6, 6.07) is -1.03. The normalized spacial score (nSPS) is 23.1. The third-order valence-electron chi connectivity index (χ3n) is 3.34. The number of hydrogen-bond donors (Lipinski definition) is 2. The van der Waals surface area contributed by atoms with Gasteiger partial charge in [-0.3, -0.25) is 4.79 Å². The molecule has 4 heteroatoms. The standard InChI is InChI=1S/C17H21NO3/c1-5-8-13-12(6-2)11(4)9-10-14(13)16(17(20)21)18-15(19)7-3/h6-10,14,16H,3-5H2,1-2H3,(H,18,19)(H,20,21). The number of aliphatic carboxylic acids is 1. The van der Waals surface area contributed by atoms with E-state index in [0.29, 0.717) is 0 Å². The highest BCUT2D eigenvalue weighted by atomic mass is 16.4. The summed E-state index contributed by atoms with van der Waals surface area (Å²) in [6.07, 6.45) is 9.30. The smallest absolute Gasteiger partial charge is 0.327 e. The summed E-state index contributed by atoms with van der Waals surface area (Å²) in [7, 11) is 0. The van der Waals surface area contributed by atoms with E-state index in [0.717, 1.165) is 29.2 Å². The molecular formula is C17H21NO3. The van der Waals surface area contributed by atoms with Gasteiger partial charge in [0.05, 0.1) is 0 Å². The van der Waals surface area contributed by atoms with Crippen molar-refractivity contribution < 1.29 is 14.7 Å². The Bertz CT molecular complexity index is 552. The zero-order chi connectivity index (χ0) is 16.0. The van der Waals surface area contributed by atoms with Crippen LogP contribution < -0.4 is 5.32 Å². The van der Waals surface area contributed by atoms with E-state index in [2.05, 4.69) is 18.5 Å². The minimum Gasteiger partial charge on any atom is -0.480 e. The molecule has 1 rings (SSSR count). The molecule has 0 spiro atoms. The number of carboxylic acids is 1. The van der Waals surface area contributed by atoms with Crippen LogP contribution in [0.3, 0.4) is 0 Å². The second-order valence-corrected chi connectivity index (χ2v) is 4.71. The van der Waals surface area contributed by atoms with Crippen LogP contribution in [0.2, 0.25) is 0 Å². The Morgan fingerprint density at radius 1 is 1.52 bits per heavy atom. The van der Waals surface area contributed by atoms with Crippen LogP contribution in [-0.4, -0.2) is 23.0 Å². The molecule has 0 radical (unpaired) electrons. The van der Waals surface area contributed by atoms with Crippen LogP contribution in [0.15, 0.2) is 60.3 Å². The van der Waals surface area contributed by atoms with E-state index in [1.54, 1.807) is 12.2 Å². The maximum absolute atomic E-state index is 11.5. The number of carboxylic acid groups (broad SMARTS) is 1. The van der Waals surface area contributed by atoms with Crippen LogP contribution in [0.4, 0.5) is 0 Å². The number of nitrogens with one attached hydrogen (secondary N) is 1. The first-order valence-corrected chi connectivity index (χ1v) is 6.86. The minimum absolute atomic E-state index is 0.428. The third-order valence-corrected chi connectivity index (χ3v) is 3.34. The van der Waals surface area contributed by atoms with Crippen LogP contribution in [0, 0.1) is 5.92 Å². The predicted molar refractivity (Wildman–Crippen MR) is 83.7 cm³/mol. The highest BCUT2D eigenvalue weighted by Crippen LogP contribution is 2.34. The molecule has 2 atom stereocenters. The molecule has 0 saturated heterocycles. The van der Waals surface area contributed by atoms with Crippen molar-refractivity contribution >= 4 is 11.9 Å². The molecule has 1 aliphatic rings. The highest BCUT2D eigenvalue weighted by Gasteiger charge is 2.33. The molecule has 0 aromatic rings. The molecule has 0 aromatic carbocycles. The van der Waals surface area contributed by atoms with Crippen molar-refractivity contribution in [3.05, 3.63) is 60.3 Å².